The van der Waals surface area contributed by atoms with Gasteiger partial charge in [0.05, 0.1) is 6.20 Å². The van der Waals surface area contributed by atoms with Crippen molar-refractivity contribution in [2.75, 3.05) is 31.1 Å². The Hall–Kier alpha value is -1.69. The van der Waals surface area contributed by atoms with E-state index < -0.39 is 0 Å². The number of carbonyl (C=O) groups is 1. The van der Waals surface area contributed by atoms with Crippen LogP contribution in [0.4, 0.5) is 5.82 Å². The lowest BCUT2D eigenvalue weighted by atomic mass is 10.4. The highest BCUT2D eigenvalue weighted by molar-refractivity contribution is 5.35. The van der Waals surface area contributed by atoms with Crippen LogP contribution in [-0.2, 0) is 4.79 Å². The minimum atomic E-state index is -0.250. The predicted octanol–water partition coefficient (Wildman–Crippen LogP) is -0.413. The van der Waals surface area contributed by atoms with Gasteiger partial charge in [-0.3, -0.25) is 9.78 Å². The highest BCUT2D eigenvalue weighted by atomic mass is 16.3. The van der Waals surface area contributed by atoms with Crippen molar-refractivity contribution in [3.63, 3.8) is 0 Å². The Labute approximate surface area is 88.0 Å². The van der Waals surface area contributed by atoms with Gasteiger partial charge >= 0.3 is 0 Å². The van der Waals surface area contributed by atoms with Crippen molar-refractivity contribution >= 4 is 12.3 Å². The lowest BCUT2D eigenvalue weighted by Crippen LogP contribution is -2.43. The SMILES string of the molecule is O=CO.c1cnc(N2CCNCC2)cn1. The number of rotatable bonds is 1. The van der Waals surface area contributed by atoms with Crippen LogP contribution in [0, 0.1) is 0 Å². The standard InChI is InChI=1S/C8H12N4.CH2O2/c1-2-11-8(7-10-1)12-5-3-9-4-6-12;2-1-3/h1-2,7,9H,3-6H2;1H,(H,2,3). The molecule has 1 aromatic rings. The minimum absolute atomic E-state index is 0.250. The molecule has 2 rings (SSSR count). The second-order valence-corrected chi connectivity index (χ2v) is 2.91. The summed E-state index contributed by atoms with van der Waals surface area (Å²) in [6.07, 6.45) is 5.24. The summed E-state index contributed by atoms with van der Waals surface area (Å²) in [5.74, 6) is 0.985. The molecule has 1 aliphatic rings. The van der Waals surface area contributed by atoms with Crippen LogP contribution in [-0.4, -0.2) is 47.7 Å². The first-order valence-corrected chi connectivity index (χ1v) is 4.68. The van der Waals surface area contributed by atoms with Crippen LogP contribution in [0.2, 0.25) is 0 Å². The molecule has 0 atom stereocenters. The lowest BCUT2D eigenvalue weighted by molar-refractivity contribution is -0.122. The lowest BCUT2D eigenvalue weighted by Gasteiger charge is -2.27. The van der Waals surface area contributed by atoms with Gasteiger partial charge < -0.3 is 15.3 Å². The zero-order chi connectivity index (χ0) is 10.9. The molecule has 2 heterocycles. The van der Waals surface area contributed by atoms with Crippen LogP contribution in [0.5, 0.6) is 0 Å². The van der Waals surface area contributed by atoms with Crippen LogP contribution in [0.25, 0.3) is 0 Å². The van der Waals surface area contributed by atoms with Crippen molar-refractivity contribution in [3.05, 3.63) is 18.6 Å². The average molecular weight is 210 g/mol. The number of nitrogens with one attached hydrogen (secondary N) is 1. The third-order valence-electron chi connectivity index (χ3n) is 1.99. The van der Waals surface area contributed by atoms with Gasteiger partial charge in [-0.05, 0) is 0 Å². The average Bonchev–Trinajstić information content (AvgIpc) is 2.32. The highest BCUT2D eigenvalue weighted by Crippen LogP contribution is 2.07. The summed E-state index contributed by atoms with van der Waals surface area (Å²) in [6, 6.07) is 0. The molecule has 15 heavy (non-hydrogen) atoms. The van der Waals surface area contributed by atoms with Crippen molar-refractivity contribution in [2.24, 2.45) is 0 Å². The Kier molecular flexibility index (Phi) is 5.10. The van der Waals surface area contributed by atoms with E-state index in [-0.39, 0.29) is 6.47 Å². The fourth-order valence-corrected chi connectivity index (χ4v) is 1.35. The highest BCUT2D eigenvalue weighted by Gasteiger charge is 2.10. The van der Waals surface area contributed by atoms with E-state index in [0.29, 0.717) is 0 Å². The molecule has 0 unspecified atom stereocenters. The van der Waals surface area contributed by atoms with Gasteiger partial charge in [-0.1, -0.05) is 0 Å². The molecule has 1 saturated heterocycles. The quantitative estimate of drug-likeness (QED) is 0.613. The third kappa shape index (κ3) is 3.90. The van der Waals surface area contributed by atoms with Crippen LogP contribution in [0.15, 0.2) is 18.6 Å². The Balaban J connectivity index is 0.000000337. The maximum absolute atomic E-state index is 8.36. The van der Waals surface area contributed by atoms with Gasteiger partial charge in [0, 0.05) is 38.6 Å². The molecule has 0 spiro atoms. The van der Waals surface area contributed by atoms with E-state index in [9.17, 15) is 0 Å². The van der Waals surface area contributed by atoms with Crippen molar-refractivity contribution in [3.8, 4) is 0 Å². The first-order chi connectivity index (χ1) is 7.38. The number of hydrogen-bond acceptors (Lipinski definition) is 5. The summed E-state index contributed by atoms with van der Waals surface area (Å²) in [4.78, 5) is 18.9. The molecule has 0 amide bonds. The second-order valence-electron chi connectivity index (χ2n) is 2.91. The van der Waals surface area contributed by atoms with Crippen molar-refractivity contribution in [2.45, 2.75) is 0 Å². The number of nitrogens with zero attached hydrogens (tertiary/aromatic N) is 3. The van der Waals surface area contributed by atoms with Gasteiger partial charge in [-0.25, -0.2) is 4.98 Å². The van der Waals surface area contributed by atoms with Crippen molar-refractivity contribution in [1.29, 1.82) is 0 Å². The molecule has 0 aliphatic carbocycles. The monoisotopic (exact) mass is 210 g/mol. The van der Waals surface area contributed by atoms with Gasteiger partial charge in [0.1, 0.15) is 5.82 Å². The van der Waals surface area contributed by atoms with E-state index in [2.05, 4.69) is 20.2 Å². The van der Waals surface area contributed by atoms with Gasteiger partial charge in [0.25, 0.3) is 6.47 Å². The van der Waals surface area contributed by atoms with E-state index in [0.717, 1.165) is 32.0 Å². The number of carboxylic acid groups (broad SMARTS) is 1. The fourth-order valence-electron chi connectivity index (χ4n) is 1.35. The molecular weight excluding hydrogens is 196 g/mol. The predicted molar refractivity (Wildman–Crippen MR) is 55.8 cm³/mol. The summed E-state index contributed by atoms with van der Waals surface area (Å²) < 4.78 is 0. The molecule has 6 heteroatoms. The van der Waals surface area contributed by atoms with Gasteiger partial charge in [-0.15, -0.1) is 0 Å². The van der Waals surface area contributed by atoms with Crippen LogP contribution in [0.1, 0.15) is 0 Å². The van der Waals surface area contributed by atoms with Crippen LogP contribution >= 0.6 is 0 Å². The van der Waals surface area contributed by atoms with Crippen molar-refractivity contribution in [1.82, 2.24) is 15.3 Å². The van der Waals surface area contributed by atoms with E-state index in [4.69, 9.17) is 9.90 Å². The molecular formula is C9H14N4O2. The third-order valence-corrected chi connectivity index (χ3v) is 1.99. The summed E-state index contributed by atoms with van der Waals surface area (Å²) in [5.41, 5.74) is 0. The molecule has 6 nitrogen and oxygen atoms in total. The fraction of sp³-hybridized carbons (Fsp3) is 0.444. The molecule has 1 fully saturated rings. The molecule has 0 radical (unpaired) electrons. The Morgan fingerprint density at radius 2 is 2.07 bits per heavy atom. The molecule has 1 aromatic heterocycles. The maximum Gasteiger partial charge on any atom is 0.290 e. The minimum Gasteiger partial charge on any atom is -0.483 e. The molecule has 1 aliphatic heterocycles. The van der Waals surface area contributed by atoms with Crippen LogP contribution in [0.3, 0.4) is 0 Å². The molecule has 2 N–H and O–H groups in total. The van der Waals surface area contributed by atoms with Crippen molar-refractivity contribution < 1.29 is 9.90 Å². The molecule has 0 bridgehead atoms. The first kappa shape index (κ1) is 11.4. The summed E-state index contributed by atoms with van der Waals surface area (Å²) >= 11 is 0. The number of anilines is 1. The molecule has 0 saturated carbocycles. The smallest absolute Gasteiger partial charge is 0.290 e. The number of hydrogen-bond donors (Lipinski definition) is 2. The van der Waals surface area contributed by atoms with E-state index in [1.807, 2.05) is 6.20 Å². The topological polar surface area (TPSA) is 78.3 Å². The van der Waals surface area contributed by atoms with E-state index >= 15 is 0 Å². The Morgan fingerprint density at radius 1 is 1.40 bits per heavy atom. The zero-order valence-corrected chi connectivity index (χ0v) is 8.33. The number of aromatic nitrogens is 2. The second kappa shape index (κ2) is 6.72. The summed E-state index contributed by atoms with van der Waals surface area (Å²) in [6.45, 7) is 3.88. The van der Waals surface area contributed by atoms with E-state index in [1.165, 1.54) is 0 Å². The largest absolute Gasteiger partial charge is 0.483 e. The molecule has 0 aromatic carbocycles. The summed E-state index contributed by atoms with van der Waals surface area (Å²) in [5, 5.41) is 10.2. The Bertz CT molecular complexity index is 275. The Morgan fingerprint density at radius 3 is 2.60 bits per heavy atom. The van der Waals surface area contributed by atoms with Gasteiger partial charge in [0.2, 0.25) is 0 Å². The van der Waals surface area contributed by atoms with Gasteiger partial charge in [0.15, 0.2) is 0 Å². The molecule has 82 valence electrons. The zero-order valence-electron chi connectivity index (χ0n) is 8.33. The summed E-state index contributed by atoms with van der Waals surface area (Å²) in [7, 11) is 0. The van der Waals surface area contributed by atoms with Gasteiger partial charge in [-0.2, -0.15) is 0 Å². The normalized spacial score (nSPS) is 15.1. The maximum atomic E-state index is 8.36. The first-order valence-electron chi connectivity index (χ1n) is 4.68. The number of piperazine rings is 1. The van der Waals surface area contributed by atoms with Crippen LogP contribution < -0.4 is 10.2 Å². The van der Waals surface area contributed by atoms with E-state index in [1.54, 1.807) is 12.4 Å².